The largest absolute Gasteiger partial charge is 0.352 e. The average Bonchev–Trinajstić information content (AvgIpc) is 0.743. The molecule has 3 aliphatic heterocycles. The van der Waals surface area contributed by atoms with E-state index in [1.807, 2.05) is 7.11 Å². The summed E-state index contributed by atoms with van der Waals surface area (Å²) in [4.78, 5) is 0. The Bertz CT molecular complexity index is 6030. The van der Waals surface area contributed by atoms with Crippen LogP contribution in [-0.4, -0.2) is 49.8 Å². The monoisotopic (exact) mass is 1640 g/mol. The zero-order valence-electron chi connectivity index (χ0n) is 73.8. The van der Waals surface area contributed by atoms with Crippen LogP contribution in [0.1, 0.15) is 296 Å². The molecule has 4 aliphatic rings. The van der Waals surface area contributed by atoms with E-state index in [0.717, 1.165) is 73.6 Å². The third kappa shape index (κ3) is 17.4. The number of rotatable bonds is 35. The lowest BCUT2D eigenvalue weighted by atomic mass is 9.88. The van der Waals surface area contributed by atoms with Gasteiger partial charge in [0.2, 0.25) is 0 Å². The minimum absolute atomic E-state index is 0.128. The summed E-state index contributed by atoms with van der Waals surface area (Å²) in [6.07, 6.45) is 35.0. The van der Waals surface area contributed by atoms with E-state index in [4.69, 9.17) is 37.9 Å². The lowest BCUT2D eigenvalue weighted by Gasteiger charge is -2.48. The molecule has 0 radical (unpaired) electrons. The van der Waals surface area contributed by atoms with Gasteiger partial charge in [-0.1, -0.05) is 315 Å². The van der Waals surface area contributed by atoms with Crippen molar-refractivity contribution in [1.29, 1.82) is 0 Å². The number of fused-ring (bicyclic) bond motifs is 8. The Labute approximate surface area is 728 Å². The second-order valence-electron chi connectivity index (χ2n) is 38.0. The van der Waals surface area contributed by atoms with Gasteiger partial charge in [0.15, 0.2) is 25.2 Å². The summed E-state index contributed by atoms with van der Waals surface area (Å²) in [7, 11) is 1.81. The van der Waals surface area contributed by atoms with Crippen LogP contribution in [0.4, 0.5) is 0 Å². The lowest BCUT2D eigenvalue weighted by molar-refractivity contribution is -0.346. The van der Waals surface area contributed by atoms with E-state index >= 15 is 0 Å². The molecule has 4 fully saturated rings. The zero-order chi connectivity index (χ0) is 82.9. The molecule has 123 heavy (non-hydrogen) atoms. The first-order valence-electron chi connectivity index (χ1n) is 48.6. The molecule has 6 bridgehead atoms. The highest BCUT2D eigenvalue weighted by Crippen LogP contribution is 2.50. The maximum Gasteiger partial charge on any atom is 0.184 e. The maximum atomic E-state index is 7.79. The number of ether oxygens (including phenoxy) is 8. The second kappa shape index (κ2) is 37.5. The van der Waals surface area contributed by atoms with Gasteiger partial charge < -0.3 is 37.9 Å². The van der Waals surface area contributed by atoms with E-state index in [0.29, 0.717) is 19.3 Å². The molecule has 0 aromatic heterocycles. The first kappa shape index (κ1) is 82.6. The minimum atomic E-state index is -0.771. The zero-order valence-corrected chi connectivity index (χ0v) is 73.8. The Morgan fingerprint density at radius 2 is 0.496 bits per heavy atom. The minimum Gasteiger partial charge on any atom is -0.352 e. The Morgan fingerprint density at radius 3 is 0.789 bits per heavy atom. The Kier molecular flexibility index (Phi) is 25.2. The van der Waals surface area contributed by atoms with Crippen LogP contribution in [0.2, 0.25) is 0 Å². The van der Waals surface area contributed by atoms with Crippen molar-refractivity contribution in [2.75, 3.05) is 7.11 Å². The molecular weight excluding hydrogens is 1510 g/mol. The van der Waals surface area contributed by atoms with Crippen molar-refractivity contribution < 1.29 is 37.9 Å². The summed E-state index contributed by atoms with van der Waals surface area (Å²) in [6.45, 7) is 9.20. The highest BCUT2D eigenvalue weighted by Gasteiger charge is 2.48. The van der Waals surface area contributed by atoms with Crippen molar-refractivity contribution in [1.82, 2.24) is 0 Å². The molecule has 8 nitrogen and oxygen atoms in total. The van der Waals surface area contributed by atoms with Crippen molar-refractivity contribution in [2.45, 2.75) is 320 Å². The summed E-state index contributed by atoms with van der Waals surface area (Å²) in [5, 5.41) is 30.4. The molecule has 1 saturated carbocycles. The molecule has 20 rings (SSSR count). The Morgan fingerprint density at radius 1 is 0.260 bits per heavy atom. The highest BCUT2D eigenvalue weighted by atomic mass is 16.7. The van der Waals surface area contributed by atoms with E-state index in [9.17, 15) is 0 Å². The molecule has 636 valence electrons. The van der Waals surface area contributed by atoms with Crippen LogP contribution in [0.25, 0.3) is 129 Å². The van der Waals surface area contributed by atoms with Gasteiger partial charge in [-0.25, -0.2) is 0 Å². The lowest BCUT2D eigenvalue weighted by Crippen LogP contribution is -2.52. The average molecular weight is 1640 g/mol. The molecule has 0 amide bonds. The fourth-order valence-corrected chi connectivity index (χ4v) is 22.7. The number of benzene rings is 16. The summed E-state index contributed by atoms with van der Waals surface area (Å²) >= 11 is 0. The first-order valence-corrected chi connectivity index (χ1v) is 48.6. The van der Waals surface area contributed by atoms with Gasteiger partial charge in [-0.15, -0.1) is 0 Å². The highest BCUT2D eigenvalue weighted by molar-refractivity contribution is 6.27. The molecule has 3 heterocycles. The predicted molar refractivity (Wildman–Crippen MR) is 513 cm³/mol. The topological polar surface area (TPSA) is 73.8 Å². The molecule has 11 unspecified atom stereocenters. The molecule has 1 aliphatic carbocycles. The molecule has 16 aromatic rings. The van der Waals surface area contributed by atoms with Gasteiger partial charge in [-0.05, 0) is 264 Å². The molecule has 8 heteroatoms. The number of methoxy groups -OCH3 is 1. The SMILES string of the molecule is CCCCCCCCc1cc2ccc3cc(C(OC)OC4CCCCC5CC(OC(c6cc7ccc8cc(CCCCCCCC)cc9ccc(c6)c7c89)O5)C5CC(OC(c6cc7ccc8cc(CCCCCCCC)cc9ccc(c6)c7c89)O5)C5CC4OC(c4cc6ccc7cc(CCCCCCCC)cc8ccc(c4)c6c78)O5)cc4ccc(c1)c2c34. The number of hydrogen-bond acceptors (Lipinski definition) is 8. The quantitative estimate of drug-likeness (QED) is 0.0221. The van der Waals surface area contributed by atoms with Crippen molar-refractivity contribution in [3.8, 4) is 0 Å². The van der Waals surface area contributed by atoms with Gasteiger partial charge in [0.25, 0.3) is 0 Å². The summed E-state index contributed by atoms with van der Waals surface area (Å²) in [5.74, 6) is 0. The Balaban J connectivity index is 0.667. The molecule has 11 atom stereocenters. The molecular formula is C115H128O8. The van der Waals surface area contributed by atoms with E-state index in [-0.39, 0.29) is 12.2 Å². The van der Waals surface area contributed by atoms with E-state index < -0.39 is 55.7 Å². The van der Waals surface area contributed by atoms with E-state index in [2.05, 4.69) is 222 Å². The number of unbranched alkanes of at least 4 members (excludes halogenated alkanes) is 20. The van der Waals surface area contributed by atoms with Crippen molar-refractivity contribution in [2.24, 2.45) is 0 Å². The van der Waals surface area contributed by atoms with Crippen LogP contribution >= 0.6 is 0 Å². The first-order chi connectivity index (χ1) is 60.7. The van der Waals surface area contributed by atoms with Crippen molar-refractivity contribution >= 4 is 129 Å². The van der Waals surface area contributed by atoms with Crippen LogP contribution in [-0.2, 0) is 63.6 Å². The predicted octanol–water partition coefficient (Wildman–Crippen LogP) is 32.1. The van der Waals surface area contributed by atoms with Gasteiger partial charge in [0.05, 0.1) is 42.7 Å². The van der Waals surface area contributed by atoms with Crippen LogP contribution in [0.3, 0.4) is 0 Å². The molecule has 16 aromatic carbocycles. The molecule has 0 spiro atoms. The van der Waals surface area contributed by atoms with Gasteiger partial charge in [-0.3, -0.25) is 0 Å². The van der Waals surface area contributed by atoms with Crippen LogP contribution < -0.4 is 0 Å². The van der Waals surface area contributed by atoms with Crippen LogP contribution in [0.15, 0.2) is 194 Å². The standard InChI is InChI=1S/C115H128O8/c1-6-10-14-18-22-26-32-73-54-77-38-46-85-62-93(63-86-47-39-78(55-73)104(77)108(85)86)112(116-5)118-98-37-31-30-36-97-70-99(119-113(117-97)94-64-87-48-40-79-56-74(33-27-23-19-15-11-7-2)57-80-41-49-88(65-94)109(87)105(79)80)101-72-103(123-115(121-101)96-68-91-52-44-83-60-76(35-29-25-21-17-13-9-4)61-84-45-53-92(69-96)111(91)107(83)84)102-71-100(98)120-114(122-102)95-66-89-50-42-81-58-75(34-28-24-20-16-12-8-3)59-82-43-51-90(67-95)110(89)106(81)82/h38-69,97-103,112-115H,6-37,70-72H2,1-5H3. The molecule has 3 saturated heterocycles. The van der Waals surface area contributed by atoms with Crippen LogP contribution in [0.5, 0.6) is 0 Å². The van der Waals surface area contributed by atoms with Crippen molar-refractivity contribution in [3.63, 3.8) is 0 Å². The van der Waals surface area contributed by atoms with Gasteiger partial charge in [0.1, 0.15) is 0 Å². The fraction of sp³-hybridized carbons (Fsp3) is 0.443. The molecule has 0 N–H and O–H groups in total. The summed E-state index contributed by atoms with van der Waals surface area (Å²) in [5.41, 5.74) is 9.69. The number of aryl methyl sites for hydroxylation is 4. The smallest absolute Gasteiger partial charge is 0.184 e. The van der Waals surface area contributed by atoms with E-state index in [1.54, 1.807) is 0 Å². The second-order valence-corrected chi connectivity index (χ2v) is 38.0. The maximum absolute atomic E-state index is 7.79. The third-order valence-electron chi connectivity index (χ3n) is 29.1. The Hall–Kier alpha value is -8.64. The normalized spacial score (nSPS) is 21.6. The van der Waals surface area contributed by atoms with Crippen LogP contribution in [0, 0.1) is 0 Å². The van der Waals surface area contributed by atoms with E-state index in [1.165, 1.54) is 306 Å². The fourth-order valence-electron chi connectivity index (χ4n) is 22.7. The number of hydrogen-bond donors (Lipinski definition) is 0. The van der Waals surface area contributed by atoms with Gasteiger partial charge in [0, 0.05) is 48.6 Å². The summed E-state index contributed by atoms with van der Waals surface area (Å²) in [6, 6.07) is 75.8. The third-order valence-corrected chi connectivity index (χ3v) is 29.1. The van der Waals surface area contributed by atoms with Crippen molar-refractivity contribution in [3.05, 3.63) is 239 Å². The van der Waals surface area contributed by atoms with Gasteiger partial charge >= 0.3 is 0 Å². The van der Waals surface area contributed by atoms with Gasteiger partial charge in [-0.2, -0.15) is 0 Å². The summed E-state index contributed by atoms with van der Waals surface area (Å²) < 4.78 is 60.6.